The average molecular weight is 246 g/mol. The number of nitrogens with zero attached hydrogens (tertiary/aromatic N) is 4. The summed E-state index contributed by atoms with van der Waals surface area (Å²) >= 11 is 0. The lowest BCUT2D eigenvalue weighted by Gasteiger charge is -2.50. The number of nitrogens with two attached hydrogens (primary N) is 1. The van der Waals surface area contributed by atoms with E-state index in [1.54, 1.807) is 4.52 Å². The molecule has 2 aromatic heterocycles. The Labute approximate surface area is 106 Å². The van der Waals surface area contributed by atoms with Crippen molar-refractivity contribution >= 4 is 11.6 Å². The van der Waals surface area contributed by atoms with E-state index in [1.807, 2.05) is 13.0 Å². The molecule has 96 valence electrons. The number of hydrogen-bond acceptors (Lipinski definition) is 5. The molecule has 1 aliphatic rings. The summed E-state index contributed by atoms with van der Waals surface area (Å²) in [4.78, 5) is 8.44. The molecule has 0 aromatic carbocycles. The summed E-state index contributed by atoms with van der Waals surface area (Å²) in [5.74, 6) is 1.55. The lowest BCUT2D eigenvalue weighted by atomic mass is 9.63. The Morgan fingerprint density at radius 1 is 1.50 bits per heavy atom. The van der Waals surface area contributed by atoms with Crippen LogP contribution in [0, 0.1) is 12.3 Å². The van der Waals surface area contributed by atoms with E-state index in [4.69, 9.17) is 5.73 Å². The molecule has 2 aromatic rings. The highest BCUT2D eigenvalue weighted by Gasteiger charge is 2.46. The molecule has 0 saturated heterocycles. The van der Waals surface area contributed by atoms with Gasteiger partial charge >= 0.3 is 0 Å². The first-order valence-electron chi connectivity index (χ1n) is 6.18. The maximum absolute atomic E-state index is 6.04. The van der Waals surface area contributed by atoms with Crippen LogP contribution in [0.1, 0.15) is 26.0 Å². The molecule has 6 nitrogen and oxygen atoms in total. The van der Waals surface area contributed by atoms with Crippen molar-refractivity contribution in [1.82, 2.24) is 19.6 Å². The third kappa shape index (κ3) is 1.56. The minimum absolute atomic E-state index is 0.101. The summed E-state index contributed by atoms with van der Waals surface area (Å²) in [5, 5.41) is 7.70. The first kappa shape index (κ1) is 11.4. The zero-order valence-electron chi connectivity index (χ0n) is 10.9. The van der Waals surface area contributed by atoms with Crippen LogP contribution >= 0.6 is 0 Å². The van der Waals surface area contributed by atoms with Gasteiger partial charge in [-0.1, -0.05) is 13.8 Å². The zero-order valence-corrected chi connectivity index (χ0v) is 10.9. The molecule has 1 fully saturated rings. The van der Waals surface area contributed by atoms with Gasteiger partial charge in [0.1, 0.15) is 12.1 Å². The van der Waals surface area contributed by atoms with Gasteiger partial charge in [0.2, 0.25) is 0 Å². The molecule has 3 rings (SSSR count). The quantitative estimate of drug-likeness (QED) is 0.825. The van der Waals surface area contributed by atoms with E-state index in [1.165, 1.54) is 6.33 Å². The molecular weight excluding hydrogens is 228 g/mol. The second-order valence-electron chi connectivity index (χ2n) is 5.62. The lowest BCUT2D eigenvalue weighted by molar-refractivity contribution is 0.117. The molecule has 1 saturated carbocycles. The maximum atomic E-state index is 6.04. The van der Waals surface area contributed by atoms with Gasteiger partial charge < -0.3 is 11.1 Å². The summed E-state index contributed by atoms with van der Waals surface area (Å²) in [6.45, 7) is 6.33. The van der Waals surface area contributed by atoms with E-state index < -0.39 is 0 Å². The molecule has 2 atom stereocenters. The molecule has 6 heteroatoms. The Balaban J connectivity index is 1.93. The van der Waals surface area contributed by atoms with Crippen LogP contribution in [0.25, 0.3) is 5.78 Å². The minimum Gasteiger partial charge on any atom is -0.366 e. The van der Waals surface area contributed by atoms with E-state index in [0.29, 0.717) is 11.8 Å². The van der Waals surface area contributed by atoms with Crippen LogP contribution < -0.4 is 11.1 Å². The molecule has 3 N–H and O–H groups in total. The number of rotatable bonds is 2. The van der Waals surface area contributed by atoms with E-state index >= 15 is 0 Å². The summed E-state index contributed by atoms with van der Waals surface area (Å²) in [7, 11) is 0. The smallest absolute Gasteiger partial charge is 0.254 e. The lowest BCUT2D eigenvalue weighted by Crippen LogP contribution is -2.61. The fraction of sp³-hybridized carbons (Fsp3) is 0.583. The van der Waals surface area contributed by atoms with Gasteiger partial charge in [-0.2, -0.15) is 14.6 Å². The zero-order chi connectivity index (χ0) is 12.9. The Morgan fingerprint density at radius 3 is 2.94 bits per heavy atom. The van der Waals surface area contributed by atoms with Gasteiger partial charge in [0.15, 0.2) is 0 Å². The standard InChI is InChI=1S/C12H18N6/c1-7-4-10(18-11(16-7)14-6-15-18)17-9-5-8(13)12(9,2)3/h4,6,8-9,17H,5,13H2,1-3H3. The van der Waals surface area contributed by atoms with Crippen LogP contribution in [-0.4, -0.2) is 31.7 Å². The highest BCUT2D eigenvalue weighted by molar-refractivity contribution is 5.46. The summed E-state index contributed by atoms with van der Waals surface area (Å²) in [6, 6.07) is 2.60. The highest BCUT2D eigenvalue weighted by atomic mass is 15.4. The van der Waals surface area contributed by atoms with Gasteiger partial charge in [-0.3, -0.25) is 0 Å². The van der Waals surface area contributed by atoms with Crippen molar-refractivity contribution in [2.75, 3.05) is 5.32 Å². The van der Waals surface area contributed by atoms with Crippen LogP contribution in [-0.2, 0) is 0 Å². The second kappa shape index (κ2) is 3.65. The van der Waals surface area contributed by atoms with Crippen LogP contribution in [0.4, 0.5) is 5.82 Å². The van der Waals surface area contributed by atoms with Gasteiger partial charge in [0.05, 0.1) is 0 Å². The van der Waals surface area contributed by atoms with Crippen molar-refractivity contribution in [3.8, 4) is 0 Å². The number of fused-ring (bicyclic) bond motifs is 1. The highest BCUT2D eigenvalue weighted by Crippen LogP contribution is 2.40. The second-order valence-corrected chi connectivity index (χ2v) is 5.62. The Hall–Kier alpha value is -1.69. The summed E-state index contributed by atoms with van der Waals surface area (Å²) < 4.78 is 1.73. The minimum atomic E-state index is 0.101. The third-order valence-corrected chi connectivity index (χ3v) is 4.05. The number of aromatic nitrogens is 4. The molecule has 2 heterocycles. The van der Waals surface area contributed by atoms with Gasteiger partial charge in [-0.15, -0.1) is 0 Å². The normalized spacial score (nSPS) is 26.0. The van der Waals surface area contributed by atoms with Gasteiger partial charge in [0, 0.05) is 29.3 Å². The Bertz CT molecular complexity index is 587. The van der Waals surface area contributed by atoms with E-state index in [2.05, 4.69) is 34.2 Å². The van der Waals surface area contributed by atoms with Gasteiger partial charge in [-0.05, 0) is 13.3 Å². The molecule has 0 spiro atoms. The molecule has 2 unspecified atom stereocenters. The Morgan fingerprint density at radius 2 is 2.28 bits per heavy atom. The predicted molar refractivity (Wildman–Crippen MR) is 69.3 cm³/mol. The van der Waals surface area contributed by atoms with Gasteiger partial charge in [0.25, 0.3) is 5.78 Å². The average Bonchev–Trinajstić information content (AvgIpc) is 2.76. The number of anilines is 1. The molecule has 1 aliphatic carbocycles. The number of hydrogen-bond donors (Lipinski definition) is 2. The van der Waals surface area contributed by atoms with Crippen molar-refractivity contribution in [1.29, 1.82) is 0 Å². The molecule has 0 aliphatic heterocycles. The van der Waals surface area contributed by atoms with Crippen LogP contribution in [0.2, 0.25) is 0 Å². The van der Waals surface area contributed by atoms with Crippen molar-refractivity contribution < 1.29 is 0 Å². The predicted octanol–water partition coefficient (Wildman–Crippen LogP) is 0.970. The Kier molecular flexibility index (Phi) is 2.31. The molecule has 0 bridgehead atoms. The fourth-order valence-electron chi connectivity index (χ4n) is 2.42. The molecular formula is C12H18N6. The van der Waals surface area contributed by atoms with Crippen LogP contribution in [0.15, 0.2) is 12.4 Å². The fourth-order valence-corrected chi connectivity index (χ4v) is 2.42. The molecule has 0 radical (unpaired) electrons. The van der Waals surface area contributed by atoms with Crippen molar-refractivity contribution in [2.45, 2.75) is 39.3 Å². The first-order valence-corrected chi connectivity index (χ1v) is 6.18. The summed E-state index contributed by atoms with van der Waals surface area (Å²) in [6.07, 6.45) is 2.50. The third-order valence-electron chi connectivity index (χ3n) is 4.05. The molecule has 18 heavy (non-hydrogen) atoms. The van der Waals surface area contributed by atoms with Crippen LogP contribution in [0.3, 0.4) is 0 Å². The first-order chi connectivity index (χ1) is 8.48. The monoisotopic (exact) mass is 246 g/mol. The molecule has 0 amide bonds. The van der Waals surface area contributed by atoms with E-state index in [9.17, 15) is 0 Å². The number of aryl methyl sites for hydroxylation is 1. The van der Waals surface area contributed by atoms with Crippen molar-refractivity contribution in [3.05, 3.63) is 18.1 Å². The van der Waals surface area contributed by atoms with Crippen LogP contribution in [0.5, 0.6) is 0 Å². The van der Waals surface area contributed by atoms with Crippen molar-refractivity contribution in [2.24, 2.45) is 11.1 Å². The summed E-state index contributed by atoms with van der Waals surface area (Å²) in [5.41, 5.74) is 7.07. The van der Waals surface area contributed by atoms with Crippen molar-refractivity contribution in [3.63, 3.8) is 0 Å². The maximum Gasteiger partial charge on any atom is 0.254 e. The SMILES string of the molecule is Cc1cc(NC2CC(N)C2(C)C)n2ncnc2n1. The van der Waals surface area contributed by atoms with Gasteiger partial charge in [-0.25, -0.2) is 4.98 Å². The largest absolute Gasteiger partial charge is 0.366 e. The topological polar surface area (TPSA) is 81.1 Å². The van der Waals surface area contributed by atoms with E-state index in [-0.39, 0.29) is 11.5 Å². The van der Waals surface area contributed by atoms with E-state index in [0.717, 1.165) is 17.9 Å². The number of nitrogens with one attached hydrogen (secondary N) is 1.